The van der Waals surface area contributed by atoms with Gasteiger partial charge in [-0.2, -0.15) is 0 Å². The maximum absolute atomic E-state index is 11.9. The van der Waals surface area contributed by atoms with Gasteiger partial charge in [0, 0.05) is 12.5 Å². The number of carbonyl (C=O) groups is 1. The van der Waals surface area contributed by atoms with E-state index in [1.807, 2.05) is 25.1 Å². The van der Waals surface area contributed by atoms with E-state index < -0.39 is 6.10 Å². The van der Waals surface area contributed by atoms with Gasteiger partial charge >= 0.3 is 0 Å². The molecule has 4 heteroatoms. The molecule has 0 spiro atoms. The molecular formula is C14H15NO3. The summed E-state index contributed by atoms with van der Waals surface area (Å²) in [4.78, 5) is 11.9. The number of hydrogen-bond acceptors (Lipinski definition) is 3. The standard InChI is InChI=1S/C14H15NO3/c1-3-6-10(2)15-14(16)13-9-17-11-7-4-5-8-12(11)18-13/h1,4-5,7-8,10,13H,6,9H2,2H3,(H,15,16). The molecular weight excluding hydrogens is 230 g/mol. The van der Waals surface area contributed by atoms with Crippen molar-refractivity contribution < 1.29 is 14.3 Å². The quantitative estimate of drug-likeness (QED) is 0.818. The van der Waals surface area contributed by atoms with Crippen LogP contribution in [0.25, 0.3) is 0 Å². The van der Waals surface area contributed by atoms with Crippen molar-refractivity contribution in [2.45, 2.75) is 25.5 Å². The van der Waals surface area contributed by atoms with Gasteiger partial charge in [-0.15, -0.1) is 12.3 Å². The molecule has 0 bridgehead atoms. The fraction of sp³-hybridized carbons (Fsp3) is 0.357. The minimum Gasteiger partial charge on any atom is -0.485 e. The van der Waals surface area contributed by atoms with Crippen LogP contribution in [0.15, 0.2) is 24.3 Å². The number of terminal acetylenes is 1. The Morgan fingerprint density at radius 2 is 2.28 bits per heavy atom. The zero-order chi connectivity index (χ0) is 13.0. The minimum absolute atomic E-state index is 0.0664. The van der Waals surface area contributed by atoms with E-state index in [1.54, 1.807) is 6.07 Å². The topological polar surface area (TPSA) is 47.6 Å². The van der Waals surface area contributed by atoms with Gasteiger partial charge in [-0.1, -0.05) is 12.1 Å². The predicted octanol–water partition coefficient (Wildman–Crippen LogP) is 1.35. The summed E-state index contributed by atoms with van der Waals surface area (Å²) >= 11 is 0. The summed E-state index contributed by atoms with van der Waals surface area (Å²) < 4.78 is 11.1. The van der Waals surface area contributed by atoms with Crippen LogP contribution >= 0.6 is 0 Å². The van der Waals surface area contributed by atoms with E-state index >= 15 is 0 Å². The van der Waals surface area contributed by atoms with Crippen LogP contribution in [-0.2, 0) is 4.79 Å². The van der Waals surface area contributed by atoms with Gasteiger partial charge in [0.15, 0.2) is 11.5 Å². The number of para-hydroxylation sites is 2. The second-order valence-corrected chi connectivity index (χ2v) is 4.18. The van der Waals surface area contributed by atoms with Crippen molar-refractivity contribution in [2.75, 3.05) is 6.61 Å². The molecule has 1 aliphatic rings. The molecule has 0 radical (unpaired) electrons. The molecule has 0 aromatic heterocycles. The number of nitrogens with one attached hydrogen (secondary N) is 1. The van der Waals surface area contributed by atoms with E-state index in [1.165, 1.54) is 0 Å². The SMILES string of the molecule is C#CCC(C)NC(=O)C1COc2ccccc2O1. The Labute approximate surface area is 106 Å². The molecule has 0 fully saturated rings. The third-order valence-electron chi connectivity index (χ3n) is 2.61. The summed E-state index contributed by atoms with van der Waals surface area (Å²) in [7, 11) is 0. The van der Waals surface area contributed by atoms with Crippen molar-refractivity contribution in [2.24, 2.45) is 0 Å². The first-order valence-electron chi connectivity index (χ1n) is 5.83. The number of rotatable bonds is 3. The first-order valence-corrected chi connectivity index (χ1v) is 5.83. The van der Waals surface area contributed by atoms with E-state index in [4.69, 9.17) is 15.9 Å². The van der Waals surface area contributed by atoms with Crippen molar-refractivity contribution in [3.8, 4) is 23.8 Å². The molecule has 2 atom stereocenters. The highest BCUT2D eigenvalue weighted by Crippen LogP contribution is 2.30. The van der Waals surface area contributed by atoms with Crippen LogP contribution in [-0.4, -0.2) is 24.7 Å². The summed E-state index contributed by atoms with van der Waals surface area (Å²) in [5.41, 5.74) is 0. The second kappa shape index (κ2) is 5.46. The minimum atomic E-state index is -0.625. The fourth-order valence-electron chi connectivity index (χ4n) is 1.71. The molecule has 0 saturated carbocycles. The lowest BCUT2D eigenvalue weighted by Crippen LogP contribution is -2.46. The van der Waals surface area contributed by atoms with Crippen LogP contribution in [0.1, 0.15) is 13.3 Å². The van der Waals surface area contributed by atoms with E-state index in [-0.39, 0.29) is 18.6 Å². The molecule has 18 heavy (non-hydrogen) atoms. The molecule has 2 unspecified atom stereocenters. The first kappa shape index (κ1) is 12.3. The molecule has 0 aliphatic carbocycles. The Kier molecular flexibility index (Phi) is 3.73. The van der Waals surface area contributed by atoms with Crippen LogP contribution in [0.2, 0.25) is 0 Å². The third kappa shape index (κ3) is 2.75. The zero-order valence-corrected chi connectivity index (χ0v) is 10.2. The molecule has 4 nitrogen and oxygen atoms in total. The molecule has 94 valence electrons. The van der Waals surface area contributed by atoms with Gasteiger partial charge in [0.2, 0.25) is 6.10 Å². The van der Waals surface area contributed by atoms with Crippen molar-refractivity contribution in [3.05, 3.63) is 24.3 Å². The Morgan fingerprint density at radius 3 is 3.00 bits per heavy atom. The van der Waals surface area contributed by atoms with Gasteiger partial charge in [-0.25, -0.2) is 0 Å². The van der Waals surface area contributed by atoms with Gasteiger partial charge in [0.1, 0.15) is 6.61 Å². The average Bonchev–Trinajstić information content (AvgIpc) is 2.38. The second-order valence-electron chi connectivity index (χ2n) is 4.18. The number of ether oxygens (including phenoxy) is 2. The van der Waals surface area contributed by atoms with Crippen molar-refractivity contribution in [1.29, 1.82) is 0 Å². The third-order valence-corrected chi connectivity index (χ3v) is 2.61. The van der Waals surface area contributed by atoms with Crippen molar-refractivity contribution >= 4 is 5.91 Å². The normalized spacial score (nSPS) is 18.6. The monoisotopic (exact) mass is 245 g/mol. The maximum atomic E-state index is 11.9. The van der Waals surface area contributed by atoms with E-state index in [2.05, 4.69) is 11.2 Å². The highest BCUT2D eigenvalue weighted by atomic mass is 16.6. The summed E-state index contributed by atoms with van der Waals surface area (Å²) in [5.74, 6) is 3.56. The van der Waals surface area contributed by atoms with Gasteiger partial charge in [-0.3, -0.25) is 4.79 Å². The van der Waals surface area contributed by atoms with Crippen molar-refractivity contribution in [3.63, 3.8) is 0 Å². The van der Waals surface area contributed by atoms with Crippen LogP contribution in [0, 0.1) is 12.3 Å². The summed E-state index contributed by atoms with van der Waals surface area (Å²) in [5, 5.41) is 2.79. The number of hydrogen-bond donors (Lipinski definition) is 1. The highest BCUT2D eigenvalue weighted by Gasteiger charge is 2.27. The number of carbonyl (C=O) groups excluding carboxylic acids is 1. The van der Waals surface area contributed by atoms with Crippen LogP contribution in [0.3, 0.4) is 0 Å². The largest absolute Gasteiger partial charge is 0.485 e. The van der Waals surface area contributed by atoms with Gasteiger partial charge in [-0.05, 0) is 19.1 Å². The number of fused-ring (bicyclic) bond motifs is 1. The van der Waals surface area contributed by atoms with Gasteiger partial charge in [0.05, 0.1) is 0 Å². The highest BCUT2D eigenvalue weighted by molar-refractivity contribution is 5.82. The van der Waals surface area contributed by atoms with E-state index in [0.29, 0.717) is 17.9 Å². The lowest BCUT2D eigenvalue weighted by Gasteiger charge is -2.26. The van der Waals surface area contributed by atoms with E-state index in [0.717, 1.165) is 0 Å². The molecule has 1 amide bonds. The maximum Gasteiger partial charge on any atom is 0.264 e. The molecule has 1 aliphatic heterocycles. The Hall–Kier alpha value is -2.15. The smallest absolute Gasteiger partial charge is 0.264 e. The fourth-order valence-corrected chi connectivity index (χ4v) is 1.71. The molecule has 1 aromatic rings. The number of benzene rings is 1. The summed E-state index contributed by atoms with van der Waals surface area (Å²) in [6.45, 7) is 2.07. The van der Waals surface area contributed by atoms with Crippen molar-refractivity contribution in [1.82, 2.24) is 5.32 Å². The van der Waals surface area contributed by atoms with Crippen LogP contribution in [0.5, 0.6) is 11.5 Å². The Balaban J connectivity index is 1.97. The van der Waals surface area contributed by atoms with Gasteiger partial charge in [0.25, 0.3) is 5.91 Å². The lowest BCUT2D eigenvalue weighted by atomic mass is 10.2. The Morgan fingerprint density at radius 1 is 1.56 bits per heavy atom. The van der Waals surface area contributed by atoms with E-state index in [9.17, 15) is 4.79 Å². The predicted molar refractivity (Wildman–Crippen MR) is 67.4 cm³/mol. The molecule has 1 N–H and O–H groups in total. The van der Waals surface area contributed by atoms with Crippen LogP contribution in [0.4, 0.5) is 0 Å². The first-order chi connectivity index (χ1) is 8.70. The van der Waals surface area contributed by atoms with Crippen LogP contribution < -0.4 is 14.8 Å². The molecule has 2 rings (SSSR count). The van der Waals surface area contributed by atoms with Gasteiger partial charge < -0.3 is 14.8 Å². The zero-order valence-electron chi connectivity index (χ0n) is 10.2. The summed E-state index contributed by atoms with van der Waals surface area (Å²) in [6, 6.07) is 7.22. The molecule has 1 heterocycles. The Bertz CT molecular complexity index is 478. The average molecular weight is 245 g/mol. The molecule has 1 aromatic carbocycles. The summed E-state index contributed by atoms with van der Waals surface area (Å²) in [6.07, 6.45) is 5.06. The lowest BCUT2D eigenvalue weighted by molar-refractivity contribution is -0.130. The molecule has 0 saturated heterocycles. The number of amides is 1.